The molecule has 1 aromatic heterocycles. The second-order valence-electron chi connectivity index (χ2n) is 4.45. The quantitative estimate of drug-likeness (QED) is 0.867. The van der Waals surface area contributed by atoms with Gasteiger partial charge in [0.2, 0.25) is 5.91 Å². The maximum atomic E-state index is 12.0. The van der Waals surface area contributed by atoms with Crippen LogP contribution < -0.4 is 10.6 Å². The van der Waals surface area contributed by atoms with Crippen molar-refractivity contribution < 1.29 is 4.79 Å². The van der Waals surface area contributed by atoms with E-state index in [1.165, 1.54) is 4.88 Å². The van der Waals surface area contributed by atoms with Crippen molar-refractivity contribution in [1.82, 2.24) is 15.5 Å². The van der Waals surface area contributed by atoms with Crippen LogP contribution in [0.4, 0.5) is 0 Å². The standard InChI is InChI=1S/C12H18BrN3OS/c1-16-7-6-14-8-10(16)12(17)15-5-4-9-2-3-11(13)18-9/h2-3,10,14H,4-8H2,1H3,(H,15,17). The number of amides is 1. The third-order valence-electron chi connectivity index (χ3n) is 3.11. The molecule has 2 rings (SSSR count). The van der Waals surface area contributed by atoms with Gasteiger partial charge in [0.15, 0.2) is 0 Å². The van der Waals surface area contributed by atoms with Crippen LogP contribution in [0.25, 0.3) is 0 Å². The van der Waals surface area contributed by atoms with Crippen LogP contribution in [0.5, 0.6) is 0 Å². The zero-order chi connectivity index (χ0) is 13.0. The van der Waals surface area contributed by atoms with E-state index >= 15 is 0 Å². The molecular formula is C12H18BrN3OS. The molecule has 6 heteroatoms. The predicted octanol–water partition coefficient (Wildman–Crippen LogP) is 1.07. The molecule has 0 spiro atoms. The summed E-state index contributed by atoms with van der Waals surface area (Å²) in [5.41, 5.74) is 0. The van der Waals surface area contributed by atoms with Crippen LogP contribution in [0.15, 0.2) is 15.9 Å². The van der Waals surface area contributed by atoms with Gasteiger partial charge in [-0.15, -0.1) is 11.3 Å². The summed E-state index contributed by atoms with van der Waals surface area (Å²) >= 11 is 5.16. The van der Waals surface area contributed by atoms with E-state index in [4.69, 9.17) is 0 Å². The molecule has 1 atom stereocenters. The second-order valence-corrected chi connectivity index (χ2v) is 6.99. The molecule has 0 radical (unpaired) electrons. The largest absolute Gasteiger partial charge is 0.354 e. The first kappa shape index (κ1) is 14.0. The average Bonchev–Trinajstić information content (AvgIpc) is 2.75. The molecule has 100 valence electrons. The Labute approximate surface area is 120 Å². The average molecular weight is 332 g/mol. The highest BCUT2D eigenvalue weighted by molar-refractivity contribution is 9.11. The van der Waals surface area contributed by atoms with E-state index in [2.05, 4.69) is 37.5 Å². The van der Waals surface area contributed by atoms with Crippen molar-refractivity contribution in [3.05, 3.63) is 20.8 Å². The number of piperazine rings is 1. The molecule has 4 nitrogen and oxygen atoms in total. The summed E-state index contributed by atoms with van der Waals surface area (Å²) in [4.78, 5) is 15.4. The molecule has 18 heavy (non-hydrogen) atoms. The van der Waals surface area contributed by atoms with Gasteiger partial charge in [-0.2, -0.15) is 0 Å². The van der Waals surface area contributed by atoms with Crippen molar-refractivity contribution in [2.24, 2.45) is 0 Å². The van der Waals surface area contributed by atoms with E-state index in [-0.39, 0.29) is 11.9 Å². The highest BCUT2D eigenvalue weighted by Crippen LogP contribution is 2.22. The van der Waals surface area contributed by atoms with Crippen LogP contribution >= 0.6 is 27.3 Å². The van der Waals surface area contributed by atoms with E-state index in [1.807, 2.05) is 13.1 Å². The van der Waals surface area contributed by atoms with Crippen molar-refractivity contribution in [3.63, 3.8) is 0 Å². The third kappa shape index (κ3) is 3.78. The van der Waals surface area contributed by atoms with Gasteiger partial charge in [-0.3, -0.25) is 9.69 Å². The van der Waals surface area contributed by atoms with Crippen LogP contribution in [0, 0.1) is 0 Å². The van der Waals surface area contributed by atoms with Gasteiger partial charge in [0.25, 0.3) is 0 Å². The number of nitrogens with one attached hydrogen (secondary N) is 2. The van der Waals surface area contributed by atoms with Gasteiger partial charge < -0.3 is 10.6 Å². The van der Waals surface area contributed by atoms with Crippen molar-refractivity contribution in [2.75, 3.05) is 33.2 Å². The summed E-state index contributed by atoms with van der Waals surface area (Å²) in [6.07, 6.45) is 0.895. The summed E-state index contributed by atoms with van der Waals surface area (Å²) in [6, 6.07) is 4.10. The summed E-state index contributed by atoms with van der Waals surface area (Å²) < 4.78 is 1.14. The van der Waals surface area contributed by atoms with E-state index in [9.17, 15) is 4.79 Å². The van der Waals surface area contributed by atoms with Gasteiger partial charge in [0.1, 0.15) is 6.04 Å². The van der Waals surface area contributed by atoms with Crippen LogP contribution in [0.3, 0.4) is 0 Å². The lowest BCUT2D eigenvalue weighted by Gasteiger charge is -2.31. The highest BCUT2D eigenvalue weighted by atomic mass is 79.9. The minimum absolute atomic E-state index is 0.0335. The molecule has 0 aliphatic carbocycles. The van der Waals surface area contributed by atoms with Crippen molar-refractivity contribution in [1.29, 1.82) is 0 Å². The van der Waals surface area contributed by atoms with Gasteiger partial charge >= 0.3 is 0 Å². The Hall–Kier alpha value is -0.430. The predicted molar refractivity (Wildman–Crippen MR) is 78.0 cm³/mol. The van der Waals surface area contributed by atoms with E-state index in [0.717, 1.165) is 29.8 Å². The fourth-order valence-corrected chi connectivity index (χ4v) is 3.49. The SMILES string of the molecule is CN1CCNCC1C(=O)NCCc1ccc(Br)s1. The van der Waals surface area contributed by atoms with E-state index in [1.54, 1.807) is 11.3 Å². The maximum absolute atomic E-state index is 12.0. The fraction of sp³-hybridized carbons (Fsp3) is 0.583. The molecule has 0 aromatic carbocycles. The Morgan fingerprint density at radius 2 is 2.50 bits per heavy atom. The number of likely N-dealkylation sites (N-methyl/N-ethyl adjacent to an activating group) is 1. The number of halogens is 1. The zero-order valence-electron chi connectivity index (χ0n) is 10.4. The summed E-state index contributed by atoms with van der Waals surface area (Å²) in [7, 11) is 2.00. The molecule has 2 heterocycles. The molecule has 0 saturated carbocycles. The number of carbonyl (C=O) groups excluding carboxylic acids is 1. The Morgan fingerprint density at radius 1 is 1.67 bits per heavy atom. The molecule has 1 aliphatic heterocycles. The van der Waals surface area contributed by atoms with E-state index in [0.29, 0.717) is 6.54 Å². The van der Waals surface area contributed by atoms with Crippen LogP contribution in [0.2, 0.25) is 0 Å². The third-order valence-corrected chi connectivity index (χ3v) is 4.80. The summed E-state index contributed by atoms with van der Waals surface area (Å²) in [5, 5.41) is 6.26. The molecule has 2 N–H and O–H groups in total. The van der Waals surface area contributed by atoms with Gasteiger partial charge in [-0.1, -0.05) is 0 Å². The molecule has 0 bridgehead atoms. The van der Waals surface area contributed by atoms with Gasteiger partial charge in [0.05, 0.1) is 3.79 Å². The minimum atomic E-state index is -0.0335. The first-order chi connectivity index (χ1) is 8.66. The summed E-state index contributed by atoms with van der Waals surface area (Å²) in [6.45, 7) is 3.34. The van der Waals surface area contributed by atoms with Crippen LogP contribution in [0.1, 0.15) is 4.88 Å². The number of thiophene rings is 1. The lowest BCUT2D eigenvalue weighted by Crippen LogP contribution is -2.56. The molecule has 1 amide bonds. The van der Waals surface area contributed by atoms with E-state index < -0.39 is 0 Å². The topological polar surface area (TPSA) is 44.4 Å². The monoisotopic (exact) mass is 331 g/mol. The van der Waals surface area contributed by atoms with Gasteiger partial charge in [-0.05, 0) is 41.5 Å². The van der Waals surface area contributed by atoms with Gasteiger partial charge in [0, 0.05) is 31.1 Å². The molecule has 1 fully saturated rings. The fourth-order valence-electron chi connectivity index (χ4n) is 2.01. The Balaban J connectivity index is 1.74. The zero-order valence-corrected chi connectivity index (χ0v) is 12.8. The lowest BCUT2D eigenvalue weighted by atomic mass is 10.2. The molecule has 1 unspecified atom stereocenters. The number of hydrogen-bond donors (Lipinski definition) is 2. The summed E-state index contributed by atoms with van der Waals surface area (Å²) in [5.74, 6) is 0.125. The normalized spacial score (nSPS) is 20.9. The number of carbonyl (C=O) groups is 1. The smallest absolute Gasteiger partial charge is 0.238 e. The number of nitrogens with zero attached hydrogens (tertiary/aromatic N) is 1. The second kappa shape index (κ2) is 6.65. The van der Waals surface area contributed by atoms with Gasteiger partial charge in [-0.25, -0.2) is 0 Å². The van der Waals surface area contributed by atoms with Crippen LogP contribution in [-0.2, 0) is 11.2 Å². The van der Waals surface area contributed by atoms with Crippen molar-refractivity contribution in [3.8, 4) is 0 Å². The lowest BCUT2D eigenvalue weighted by molar-refractivity contribution is -0.126. The number of rotatable bonds is 4. The Bertz CT molecular complexity index is 410. The first-order valence-corrected chi connectivity index (χ1v) is 7.70. The highest BCUT2D eigenvalue weighted by Gasteiger charge is 2.25. The molecule has 1 aliphatic rings. The Kier molecular flexibility index (Phi) is 5.17. The minimum Gasteiger partial charge on any atom is -0.354 e. The maximum Gasteiger partial charge on any atom is 0.238 e. The Morgan fingerprint density at radius 3 is 3.17 bits per heavy atom. The van der Waals surface area contributed by atoms with Crippen molar-refractivity contribution in [2.45, 2.75) is 12.5 Å². The first-order valence-electron chi connectivity index (χ1n) is 6.09. The van der Waals surface area contributed by atoms with Crippen LogP contribution in [-0.4, -0.2) is 50.1 Å². The number of hydrogen-bond acceptors (Lipinski definition) is 4. The molecule has 1 saturated heterocycles. The van der Waals surface area contributed by atoms with Crippen molar-refractivity contribution >= 4 is 33.2 Å². The molecular weight excluding hydrogens is 314 g/mol. The molecule has 1 aromatic rings.